The number of halogens is 3. The lowest BCUT2D eigenvalue weighted by atomic mass is 10.2. The number of rotatable bonds is 5. The van der Waals surface area contributed by atoms with Crippen molar-refractivity contribution in [2.45, 2.75) is 18.7 Å². The summed E-state index contributed by atoms with van der Waals surface area (Å²) in [5.74, 6) is 0.319. The summed E-state index contributed by atoms with van der Waals surface area (Å²) in [5.41, 5.74) is 0.595. The van der Waals surface area contributed by atoms with Gasteiger partial charge in [0.15, 0.2) is 0 Å². The molecule has 0 saturated heterocycles. The number of tetrazole rings is 1. The number of ether oxygens (including phenoxy) is 1. The van der Waals surface area contributed by atoms with Gasteiger partial charge in [0, 0.05) is 6.07 Å². The fourth-order valence-corrected chi connectivity index (χ4v) is 1.51. The maximum atomic E-state index is 12.0. The van der Waals surface area contributed by atoms with Gasteiger partial charge in [0.2, 0.25) is 0 Å². The summed E-state index contributed by atoms with van der Waals surface area (Å²) in [5, 5.41) is 19.8. The Bertz CT molecular complexity index is 545. The lowest BCUT2D eigenvalue weighted by Crippen LogP contribution is -2.25. The highest BCUT2D eigenvalue weighted by Crippen LogP contribution is 2.22. The van der Waals surface area contributed by atoms with Crippen LogP contribution >= 0.6 is 0 Å². The van der Waals surface area contributed by atoms with Crippen molar-refractivity contribution in [2.75, 3.05) is 6.61 Å². The van der Waals surface area contributed by atoms with E-state index in [0.717, 1.165) is 0 Å². The van der Waals surface area contributed by atoms with Crippen molar-refractivity contribution in [1.29, 1.82) is 0 Å². The summed E-state index contributed by atoms with van der Waals surface area (Å²) in [6, 6.07) is 6.46. The number of hydrogen-bond donors (Lipinski definition) is 1. The fourth-order valence-electron chi connectivity index (χ4n) is 1.51. The molecular weight excluding hydrogens is 277 g/mol. The molecule has 20 heavy (non-hydrogen) atoms. The monoisotopic (exact) mass is 288 g/mol. The third kappa shape index (κ3) is 4.19. The Balaban J connectivity index is 1.95. The van der Waals surface area contributed by atoms with Crippen LogP contribution in [0.15, 0.2) is 30.6 Å². The van der Waals surface area contributed by atoms with Crippen LogP contribution in [-0.4, -0.2) is 44.2 Å². The third-order valence-corrected chi connectivity index (χ3v) is 2.34. The van der Waals surface area contributed by atoms with Crippen LogP contribution in [0.2, 0.25) is 0 Å². The van der Waals surface area contributed by atoms with Gasteiger partial charge in [-0.15, -0.1) is 5.10 Å². The summed E-state index contributed by atoms with van der Waals surface area (Å²) in [6.07, 6.45) is -5.96. The van der Waals surface area contributed by atoms with Gasteiger partial charge in [-0.2, -0.15) is 13.2 Å². The van der Waals surface area contributed by atoms with Gasteiger partial charge in [-0.25, -0.2) is 4.68 Å². The van der Waals surface area contributed by atoms with Crippen molar-refractivity contribution in [2.24, 2.45) is 0 Å². The van der Waals surface area contributed by atoms with Crippen LogP contribution in [0.3, 0.4) is 0 Å². The van der Waals surface area contributed by atoms with Crippen molar-refractivity contribution in [1.82, 2.24) is 20.2 Å². The van der Waals surface area contributed by atoms with E-state index in [4.69, 9.17) is 4.74 Å². The first-order chi connectivity index (χ1) is 9.44. The van der Waals surface area contributed by atoms with Crippen molar-refractivity contribution in [3.05, 3.63) is 30.6 Å². The van der Waals surface area contributed by atoms with E-state index in [1.165, 1.54) is 11.0 Å². The number of aromatic nitrogens is 4. The number of nitrogens with zero attached hydrogens (tertiary/aromatic N) is 4. The van der Waals surface area contributed by atoms with Crippen LogP contribution in [-0.2, 0) is 0 Å². The van der Waals surface area contributed by atoms with E-state index in [-0.39, 0.29) is 0 Å². The van der Waals surface area contributed by atoms with E-state index >= 15 is 0 Å². The Morgan fingerprint density at radius 3 is 2.80 bits per heavy atom. The molecule has 0 fully saturated rings. The van der Waals surface area contributed by atoms with Gasteiger partial charge in [-0.3, -0.25) is 0 Å². The summed E-state index contributed by atoms with van der Waals surface area (Å²) in [4.78, 5) is 0. The van der Waals surface area contributed by atoms with Crippen LogP contribution < -0.4 is 4.74 Å². The molecule has 108 valence electrons. The second-order valence-corrected chi connectivity index (χ2v) is 4.04. The first-order valence-electron chi connectivity index (χ1n) is 5.65. The SMILES string of the molecule is O[C@H](COc1cccc(-n2cnnn2)c1)CC(F)(F)F. The zero-order valence-corrected chi connectivity index (χ0v) is 10.2. The Morgan fingerprint density at radius 2 is 2.15 bits per heavy atom. The Labute approximate surface area is 111 Å². The molecule has 9 heteroatoms. The number of benzene rings is 1. The Kier molecular flexibility index (Phi) is 4.18. The quantitative estimate of drug-likeness (QED) is 0.899. The van der Waals surface area contributed by atoms with Crippen LogP contribution in [0.25, 0.3) is 5.69 Å². The molecule has 0 aliphatic carbocycles. The maximum absolute atomic E-state index is 12.0. The molecule has 0 unspecified atom stereocenters. The summed E-state index contributed by atoms with van der Waals surface area (Å²) in [6.45, 7) is -0.446. The molecule has 6 nitrogen and oxygen atoms in total. The van der Waals surface area contributed by atoms with Crippen LogP contribution in [0.4, 0.5) is 13.2 Å². The number of alkyl halides is 3. The topological polar surface area (TPSA) is 73.1 Å². The normalized spacial score (nSPS) is 13.2. The molecule has 0 aliphatic heterocycles. The molecular formula is C11H11F3N4O2. The van der Waals surface area contributed by atoms with E-state index in [1.54, 1.807) is 24.3 Å². The molecule has 0 aliphatic rings. The van der Waals surface area contributed by atoms with Gasteiger partial charge < -0.3 is 9.84 Å². The van der Waals surface area contributed by atoms with Crippen LogP contribution in [0.1, 0.15) is 6.42 Å². The largest absolute Gasteiger partial charge is 0.491 e. The number of aliphatic hydroxyl groups excluding tert-OH is 1. The van der Waals surface area contributed by atoms with Crippen molar-refractivity contribution < 1.29 is 23.0 Å². The first-order valence-corrected chi connectivity index (χ1v) is 5.65. The zero-order chi connectivity index (χ0) is 14.6. The number of hydrogen-bond acceptors (Lipinski definition) is 5. The average molecular weight is 288 g/mol. The van der Waals surface area contributed by atoms with Gasteiger partial charge in [0.25, 0.3) is 0 Å². The average Bonchev–Trinajstić information content (AvgIpc) is 2.88. The van der Waals surface area contributed by atoms with E-state index < -0.39 is 25.3 Å². The predicted octanol–water partition coefficient (Wildman–Crippen LogP) is 1.35. The molecule has 2 aromatic rings. The lowest BCUT2D eigenvalue weighted by molar-refractivity contribution is -0.156. The standard InChI is InChI=1S/C11H11F3N4O2/c12-11(13,14)5-9(19)6-20-10-3-1-2-8(4-10)18-7-15-16-17-18/h1-4,7,9,19H,5-6H2/t9-/m0/s1. The van der Waals surface area contributed by atoms with Crippen molar-refractivity contribution in [3.63, 3.8) is 0 Å². The highest BCUT2D eigenvalue weighted by Gasteiger charge is 2.31. The third-order valence-electron chi connectivity index (χ3n) is 2.34. The van der Waals surface area contributed by atoms with Crippen LogP contribution in [0, 0.1) is 0 Å². The minimum atomic E-state index is -4.42. The van der Waals surface area contributed by atoms with Gasteiger partial charge in [-0.1, -0.05) is 6.07 Å². The zero-order valence-electron chi connectivity index (χ0n) is 10.2. The van der Waals surface area contributed by atoms with E-state index in [1.807, 2.05) is 0 Å². The predicted molar refractivity (Wildman–Crippen MR) is 61.3 cm³/mol. The highest BCUT2D eigenvalue weighted by molar-refractivity contribution is 5.37. The summed E-state index contributed by atoms with van der Waals surface area (Å²) in [7, 11) is 0. The van der Waals surface area contributed by atoms with E-state index in [2.05, 4.69) is 15.5 Å². The van der Waals surface area contributed by atoms with Gasteiger partial charge in [0.1, 0.15) is 18.7 Å². The molecule has 0 saturated carbocycles. The molecule has 1 aromatic heterocycles. The second kappa shape index (κ2) is 5.87. The van der Waals surface area contributed by atoms with Gasteiger partial charge in [-0.05, 0) is 22.6 Å². The smallest absolute Gasteiger partial charge is 0.391 e. The Hall–Kier alpha value is -2.16. The fraction of sp³-hybridized carbons (Fsp3) is 0.364. The second-order valence-electron chi connectivity index (χ2n) is 4.04. The van der Waals surface area contributed by atoms with Crippen molar-refractivity contribution >= 4 is 0 Å². The molecule has 2 rings (SSSR count). The maximum Gasteiger partial charge on any atom is 0.391 e. The summed E-state index contributed by atoms with van der Waals surface area (Å²) >= 11 is 0. The molecule has 0 radical (unpaired) electrons. The highest BCUT2D eigenvalue weighted by atomic mass is 19.4. The molecule has 0 bridgehead atoms. The molecule has 0 amide bonds. The molecule has 1 N–H and O–H groups in total. The molecule has 0 spiro atoms. The lowest BCUT2D eigenvalue weighted by Gasteiger charge is -2.14. The first kappa shape index (κ1) is 14.3. The van der Waals surface area contributed by atoms with Gasteiger partial charge in [0.05, 0.1) is 18.2 Å². The minimum Gasteiger partial charge on any atom is -0.491 e. The number of aliphatic hydroxyl groups is 1. The van der Waals surface area contributed by atoms with E-state index in [0.29, 0.717) is 11.4 Å². The summed E-state index contributed by atoms with van der Waals surface area (Å²) < 4.78 is 42.6. The molecule has 1 atom stereocenters. The van der Waals surface area contributed by atoms with Crippen molar-refractivity contribution in [3.8, 4) is 11.4 Å². The van der Waals surface area contributed by atoms with Crippen LogP contribution in [0.5, 0.6) is 5.75 Å². The Morgan fingerprint density at radius 1 is 1.35 bits per heavy atom. The van der Waals surface area contributed by atoms with E-state index in [9.17, 15) is 18.3 Å². The minimum absolute atomic E-state index is 0.319. The molecule has 1 heterocycles. The van der Waals surface area contributed by atoms with Gasteiger partial charge >= 0.3 is 6.18 Å². The molecule has 1 aromatic carbocycles.